The lowest BCUT2D eigenvalue weighted by Crippen LogP contribution is -2.13. The van der Waals surface area contributed by atoms with E-state index in [-0.39, 0.29) is 11.4 Å². The minimum absolute atomic E-state index is 0.124. The second-order valence-corrected chi connectivity index (χ2v) is 7.64. The zero-order valence-electron chi connectivity index (χ0n) is 17.2. The van der Waals surface area contributed by atoms with Crippen molar-refractivity contribution >= 4 is 40.9 Å². The van der Waals surface area contributed by atoms with E-state index in [0.29, 0.717) is 45.6 Å². The van der Waals surface area contributed by atoms with Gasteiger partial charge in [-0.15, -0.1) is 0 Å². The zero-order chi connectivity index (χ0) is 23.1. The monoisotopic (exact) mass is 468 g/mol. The van der Waals surface area contributed by atoms with Crippen LogP contribution in [0.1, 0.15) is 23.6 Å². The van der Waals surface area contributed by atoms with Crippen molar-refractivity contribution in [1.82, 2.24) is 0 Å². The van der Waals surface area contributed by atoms with Crippen LogP contribution in [0.15, 0.2) is 66.2 Å². The van der Waals surface area contributed by atoms with E-state index >= 15 is 0 Å². The number of carbonyl (C=O) groups is 1. The summed E-state index contributed by atoms with van der Waals surface area (Å²) >= 11 is 12.6. The minimum atomic E-state index is -0.599. The second kappa shape index (κ2) is 10.8. The number of nitriles is 1. The maximum atomic E-state index is 13.6. The Bertz CT molecular complexity index is 1220. The molecule has 0 aliphatic rings. The van der Waals surface area contributed by atoms with Gasteiger partial charge >= 0.3 is 0 Å². The van der Waals surface area contributed by atoms with E-state index < -0.39 is 5.91 Å². The van der Waals surface area contributed by atoms with Crippen LogP contribution >= 0.6 is 23.2 Å². The molecule has 0 bridgehead atoms. The molecule has 0 spiro atoms. The Balaban J connectivity index is 1.92. The molecule has 1 amide bonds. The first kappa shape index (κ1) is 23.3. The van der Waals surface area contributed by atoms with Crippen molar-refractivity contribution in [2.24, 2.45) is 0 Å². The van der Waals surface area contributed by atoms with Gasteiger partial charge in [0.15, 0.2) is 0 Å². The van der Waals surface area contributed by atoms with E-state index in [9.17, 15) is 14.4 Å². The van der Waals surface area contributed by atoms with Gasteiger partial charge in [-0.05, 0) is 60.5 Å². The van der Waals surface area contributed by atoms with Gasteiger partial charge in [-0.1, -0.05) is 47.5 Å². The number of hydrogen-bond acceptors (Lipinski definition) is 3. The fraction of sp³-hybridized carbons (Fsp3) is 0.120. The van der Waals surface area contributed by atoms with Crippen LogP contribution in [0.3, 0.4) is 0 Å². The highest BCUT2D eigenvalue weighted by molar-refractivity contribution is 6.34. The van der Waals surface area contributed by atoms with Gasteiger partial charge in [0.25, 0.3) is 5.91 Å². The van der Waals surface area contributed by atoms with Crippen LogP contribution in [0.2, 0.25) is 10.0 Å². The van der Waals surface area contributed by atoms with Crippen molar-refractivity contribution in [2.75, 3.05) is 11.9 Å². The number of benzene rings is 3. The molecule has 0 unspecified atom stereocenters. The highest BCUT2D eigenvalue weighted by Gasteiger charge is 2.15. The number of para-hydroxylation sites is 1. The third-order valence-electron chi connectivity index (χ3n) is 4.54. The van der Waals surface area contributed by atoms with Crippen molar-refractivity contribution in [3.8, 4) is 11.8 Å². The SMILES string of the molecule is CCOc1cc(/C=C(\C#N)C(=O)Nc2ccccc2Cl)cc(Cl)c1Cc1cccc(F)c1. The van der Waals surface area contributed by atoms with Gasteiger partial charge in [0.2, 0.25) is 0 Å². The molecule has 1 N–H and O–H groups in total. The molecule has 0 saturated heterocycles. The Morgan fingerprint density at radius 2 is 1.91 bits per heavy atom. The third-order valence-corrected chi connectivity index (χ3v) is 5.21. The van der Waals surface area contributed by atoms with Crippen LogP contribution in [0, 0.1) is 17.1 Å². The summed E-state index contributed by atoms with van der Waals surface area (Å²) in [6.45, 7) is 2.22. The number of amides is 1. The molecular formula is C25H19Cl2FN2O2. The van der Waals surface area contributed by atoms with Gasteiger partial charge in [-0.25, -0.2) is 4.39 Å². The number of rotatable bonds is 7. The first-order valence-corrected chi connectivity index (χ1v) is 10.5. The van der Waals surface area contributed by atoms with Crippen LogP contribution in [0.25, 0.3) is 6.08 Å². The van der Waals surface area contributed by atoms with Gasteiger partial charge in [-0.3, -0.25) is 4.79 Å². The lowest BCUT2D eigenvalue weighted by molar-refractivity contribution is -0.112. The number of carbonyl (C=O) groups excluding carboxylic acids is 1. The lowest BCUT2D eigenvalue weighted by atomic mass is 10.0. The molecule has 0 radical (unpaired) electrons. The topological polar surface area (TPSA) is 62.1 Å². The van der Waals surface area contributed by atoms with Crippen molar-refractivity contribution in [2.45, 2.75) is 13.3 Å². The molecule has 0 fully saturated rings. The molecule has 3 aromatic carbocycles. The van der Waals surface area contributed by atoms with E-state index in [0.717, 1.165) is 5.56 Å². The quantitative estimate of drug-likeness (QED) is 0.311. The van der Waals surface area contributed by atoms with E-state index in [4.69, 9.17) is 27.9 Å². The van der Waals surface area contributed by atoms with Crippen LogP contribution in [0.4, 0.5) is 10.1 Å². The summed E-state index contributed by atoms with van der Waals surface area (Å²) in [7, 11) is 0. The Morgan fingerprint density at radius 3 is 2.59 bits per heavy atom. The number of hydrogen-bond donors (Lipinski definition) is 1. The number of ether oxygens (including phenoxy) is 1. The normalized spacial score (nSPS) is 11.0. The predicted molar refractivity (Wildman–Crippen MR) is 125 cm³/mol. The Hall–Kier alpha value is -3.33. The highest BCUT2D eigenvalue weighted by atomic mass is 35.5. The van der Waals surface area contributed by atoms with E-state index in [2.05, 4.69) is 5.32 Å². The molecule has 0 atom stereocenters. The fourth-order valence-electron chi connectivity index (χ4n) is 3.09. The molecule has 32 heavy (non-hydrogen) atoms. The molecule has 162 valence electrons. The maximum Gasteiger partial charge on any atom is 0.266 e. The van der Waals surface area contributed by atoms with Gasteiger partial charge < -0.3 is 10.1 Å². The van der Waals surface area contributed by atoms with Crippen molar-refractivity contribution in [3.63, 3.8) is 0 Å². The molecule has 0 heterocycles. The highest BCUT2D eigenvalue weighted by Crippen LogP contribution is 2.32. The second-order valence-electron chi connectivity index (χ2n) is 6.82. The summed E-state index contributed by atoms with van der Waals surface area (Å²) in [4.78, 5) is 12.6. The summed E-state index contributed by atoms with van der Waals surface area (Å²) in [6, 6.07) is 18.2. The lowest BCUT2D eigenvalue weighted by Gasteiger charge is -2.14. The molecular weight excluding hydrogens is 450 g/mol. The van der Waals surface area contributed by atoms with Crippen LogP contribution < -0.4 is 10.1 Å². The van der Waals surface area contributed by atoms with Gasteiger partial charge in [-0.2, -0.15) is 5.26 Å². The average molecular weight is 469 g/mol. The summed E-state index contributed by atoms with van der Waals surface area (Å²) in [5.41, 5.74) is 2.23. The smallest absolute Gasteiger partial charge is 0.266 e. The first-order chi connectivity index (χ1) is 15.4. The summed E-state index contributed by atoms with van der Waals surface area (Å²) in [6.07, 6.45) is 1.79. The van der Waals surface area contributed by atoms with Crippen molar-refractivity contribution in [1.29, 1.82) is 5.26 Å². The molecule has 0 aliphatic heterocycles. The van der Waals surface area contributed by atoms with Crippen LogP contribution in [0.5, 0.6) is 5.75 Å². The standard InChI is InChI=1S/C25H19Cl2FN2O2/c1-2-32-24-14-17(13-22(27)20(24)12-16-6-5-7-19(28)11-16)10-18(15-29)25(31)30-23-9-4-3-8-21(23)26/h3-11,13-14H,2,12H2,1H3,(H,30,31)/b18-10+. The van der Waals surface area contributed by atoms with E-state index in [1.165, 1.54) is 18.2 Å². The van der Waals surface area contributed by atoms with Crippen molar-refractivity contribution < 1.29 is 13.9 Å². The summed E-state index contributed by atoms with van der Waals surface area (Å²) in [5.74, 6) is -0.433. The molecule has 3 aromatic rings. The maximum absolute atomic E-state index is 13.6. The van der Waals surface area contributed by atoms with Crippen LogP contribution in [-0.4, -0.2) is 12.5 Å². The molecule has 7 heteroatoms. The number of halogens is 3. The summed E-state index contributed by atoms with van der Waals surface area (Å²) < 4.78 is 19.3. The van der Waals surface area contributed by atoms with Crippen LogP contribution in [-0.2, 0) is 11.2 Å². The molecule has 0 saturated carbocycles. The zero-order valence-corrected chi connectivity index (χ0v) is 18.7. The van der Waals surface area contributed by atoms with Crippen molar-refractivity contribution in [3.05, 3.63) is 98.8 Å². The molecule has 0 aliphatic carbocycles. The fourth-order valence-corrected chi connectivity index (χ4v) is 3.56. The number of nitrogens with one attached hydrogen (secondary N) is 1. The first-order valence-electron chi connectivity index (χ1n) is 9.78. The van der Waals surface area contributed by atoms with E-state index in [1.54, 1.807) is 48.5 Å². The summed E-state index contributed by atoms with van der Waals surface area (Å²) in [5, 5.41) is 12.9. The molecule has 0 aromatic heterocycles. The number of anilines is 1. The largest absolute Gasteiger partial charge is 0.494 e. The Labute approximate surface area is 195 Å². The predicted octanol–water partition coefficient (Wildman–Crippen LogP) is 6.67. The minimum Gasteiger partial charge on any atom is -0.494 e. The average Bonchev–Trinajstić information content (AvgIpc) is 2.76. The third kappa shape index (κ3) is 5.88. The van der Waals surface area contributed by atoms with Gasteiger partial charge in [0.1, 0.15) is 23.2 Å². The Kier molecular flexibility index (Phi) is 7.88. The van der Waals surface area contributed by atoms with Gasteiger partial charge in [0, 0.05) is 17.0 Å². The van der Waals surface area contributed by atoms with Gasteiger partial charge in [0.05, 0.1) is 17.3 Å². The molecule has 4 nitrogen and oxygen atoms in total. The number of nitrogens with zero attached hydrogens (tertiary/aromatic N) is 1. The van der Waals surface area contributed by atoms with E-state index in [1.807, 2.05) is 13.0 Å². The molecule has 3 rings (SSSR count). The Morgan fingerprint density at radius 1 is 1.12 bits per heavy atom.